The quantitative estimate of drug-likeness (QED) is 0.427. The zero-order valence-electron chi connectivity index (χ0n) is 14.8. The third-order valence-corrected chi connectivity index (χ3v) is 5.18. The van der Waals surface area contributed by atoms with Crippen LogP contribution >= 0.6 is 39.7 Å². The van der Waals surface area contributed by atoms with Gasteiger partial charge in [0.2, 0.25) is 4.77 Å². The Morgan fingerprint density at radius 3 is 2.71 bits per heavy atom. The molecular formula is C18H17BrClFN4O2S. The molecule has 6 nitrogen and oxygen atoms in total. The number of rotatable bonds is 8. The minimum atomic E-state index is -0.388. The Bertz CT molecular complexity index is 1030. The van der Waals surface area contributed by atoms with Crippen LogP contribution in [0.5, 0.6) is 11.5 Å². The average Bonchev–Trinajstić information content (AvgIpc) is 3.06. The Morgan fingerprint density at radius 2 is 2.04 bits per heavy atom. The summed E-state index contributed by atoms with van der Waals surface area (Å²) in [4.78, 5) is 0. The third kappa shape index (κ3) is 5.03. The van der Waals surface area contributed by atoms with Crippen LogP contribution in [-0.2, 0) is 13.2 Å². The van der Waals surface area contributed by atoms with Crippen LogP contribution in [0.3, 0.4) is 0 Å². The molecule has 1 aromatic heterocycles. The zero-order chi connectivity index (χ0) is 20.1. The average molecular weight is 488 g/mol. The molecule has 0 saturated carbocycles. The molecule has 0 fully saturated rings. The number of aromatic nitrogens is 3. The lowest BCUT2D eigenvalue weighted by Gasteiger charge is -2.16. The van der Waals surface area contributed by atoms with E-state index in [2.05, 4.69) is 31.6 Å². The minimum absolute atomic E-state index is 0.188. The zero-order valence-corrected chi connectivity index (χ0v) is 18.0. The highest BCUT2D eigenvalue weighted by molar-refractivity contribution is 9.10. The minimum Gasteiger partial charge on any atom is -0.490 e. The van der Waals surface area contributed by atoms with Crippen molar-refractivity contribution in [2.24, 2.45) is 0 Å². The molecule has 0 atom stereocenters. The monoisotopic (exact) mass is 486 g/mol. The van der Waals surface area contributed by atoms with E-state index >= 15 is 0 Å². The van der Waals surface area contributed by atoms with Crippen molar-refractivity contribution in [2.75, 3.05) is 12.0 Å². The van der Waals surface area contributed by atoms with Crippen molar-refractivity contribution >= 4 is 39.7 Å². The van der Waals surface area contributed by atoms with Gasteiger partial charge in [-0.25, -0.2) is 9.07 Å². The molecule has 148 valence electrons. The Labute approximate surface area is 179 Å². The van der Waals surface area contributed by atoms with Crippen molar-refractivity contribution in [1.29, 1.82) is 0 Å². The lowest BCUT2D eigenvalue weighted by Crippen LogP contribution is -2.14. The van der Waals surface area contributed by atoms with Gasteiger partial charge in [0.25, 0.3) is 0 Å². The highest BCUT2D eigenvalue weighted by atomic mass is 79.9. The summed E-state index contributed by atoms with van der Waals surface area (Å²) < 4.78 is 27.7. The fourth-order valence-corrected chi connectivity index (χ4v) is 3.27. The fourth-order valence-electron chi connectivity index (χ4n) is 2.42. The molecule has 0 aliphatic rings. The first kappa shape index (κ1) is 20.6. The maximum absolute atomic E-state index is 13.2. The highest BCUT2D eigenvalue weighted by Crippen LogP contribution is 2.35. The van der Waals surface area contributed by atoms with Gasteiger partial charge in [0.15, 0.2) is 11.5 Å². The lowest BCUT2D eigenvalue weighted by molar-refractivity contribution is 0.269. The molecule has 0 radical (unpaired) electrons. The van der Waals surface area contributed by atoms with Crippen molar-refractivity contribution in [2.45, 2.75) is 20.1 Å². The summed E-state index contributed by atoms with van der Waals surface area (Å²) in [6.45, 7) is 3.05. The topological polar surface area (TPSA) is 64.1 Å². The summed E-state index contributed by atoms with van der Waals surface area (Å²) in [5.74, 6) is 0.760. The van der Waals surface area contributed by atoms with E-state index in [0.29, 0.717) is 40.0 Å². The van der Waals surface area contributed by atoms with Crippen molar-refractivity contribution in [3.05, 3.63) is 67.9 Å². The number of benzene rings is 2. The predicted molar refractivity (Wildman–Crippen MR) is 112 cm³/mol. The van der Waals surface area contributed by atoms with Crippen LogP contribution in [0, 0.1) is 10.6 Å². The van der Waals surface area contributed by atoms with Gasteiger partial charge in [0.1, 0.15) is 18.8 Å². The molecule has 2 aromatic carbocycles. The van der Waals surface area contributed by atoms with Gasteiger partial charge in [-0.05, 0) is 49.0 Å². The molecule has 0 aliphatic carbocycles. The molecule has 0 aliphatic heterocycles. The van der Waals surface area contributed by atoms with Gasteiger partial charge in [0.05, 0.1) is 18.2 Å². The van der Waals surface area contributed by atoms with E-state index in [1.54, 1.807) is 17.1 Å². The summed E-state index contributed by atoms with van der Waals surface area (Å²) in [7, 11) is 0. The van der Waals surface area contributed by atoms with Gasteiger partial charge >= 0.3 is 0 Å². The Hall–Kier alpha value is -2.10. The SMILES string of the molecule is CCOc1cc(CNn2cn[nH]c2=S)c(Br)cc1OCc1ccc(F)cc1Cl. The van der Waals surface area contributed by atoms with Crippen molar-refractivity contribution in [3.8, 4) is 11.5 Å². The van der Waals surface area contributed by atoms with E-state index in [-0.39, 0.29) is 12.4 Å². The van der Waals surface area contributed by atoms with Crippen LogP contribution in [0.1, 0.15) is 18.1 Å². The fraction of sp³-hybridized carbons (Fsp3) is 0.222. The lowest BCUT2D eigenvalue weighted by atomic mass is 10.2. The number of nitrogens with one attached hydrogen (secondary N) is 2. The molecule has 0 bridgehead atoms. The molecule has 3 rings (SSSR count). The van der Waals surface area contributed by atoms with E-state index in [0.717, 1.165) is 10.0 Å². The van der Waals surface area contributed by atoms with Crippen LogP contribution < -0.4 is 14.9 Å². The van der Waals surface area contributed by atoms with Gasteiger partial charge in [-0.2, -0.15) is 5.10 Å². The Balaban J connectivity index is 1.77. The van der Waals surface area contributed by atoms with E-state index in [1.165, 1.54) is 12.1 Å². The summed E-state index contributed by atoms with van der Waals surface area (Å²) in [6.07, 6.45) is 1.56. The first-order valence-electron chi connectivity index (χ1n) is 8.35. The number of hydrogen-bond acceptors (Lipinski definition) is 5. The van der Waals surface area contributed by atoms with Gasteiger partial charge in [-0.15, -0.1) is 0 Å². The number of H-pyrrole nitrogens is 1. The maximum Gasteiger partial charge on any atom is 0.214 e. The Kier molecular flexibility index (Phi) is 6.93. The summed E-state index contributed by atoms with van der Waals surface area (Å²) in [5, 5.41) is 6.85. The van der Waals surface area contributed by atoms with E-state index in [1.807, 2.05) is 19.1 Å². The molecule has 0 spiro atoms. The molecule has 0 amide bonds. The van der Waals surface area contributed by atoms with Gasteiger partial charge in [-0.1, -0.05) is 33.6 Å². The normalized spacial score (nSPS) is 10.7. The second-order valence-electron chi connectivity index (χ2n) is 5.71. The maximum atomic E-state index is 13.2. The molecule has 28 heavy (non-hydrogen) atoms. The number of hydrogen-bond donors (Lipinski definition) is 2. The highest BCUT2D eigenvalue weighted by Gasteiger charge is 2.12. The molecule has 10 heteroatoms. The number of halogens is 3. The predicted octanol–water partition coefficient (Wildman–Crippen LogP) is 5.22. The summed E-state index contributed by atoms with van der Waals surface area (Å²) in [5.41, 5.74) is 4.77. The van der Waals surface area contributed by atoms with Gasteiger partial charge < -0.3 is 14.9 Å². The third-order valence-electron chi connectivity index (χ3n) is 3.80. The second kappa shape index (κ2) is 9.40. The van der Waals surface area contributed by atoms with E-state index < -0.39 is 0 Å². The Morgan fingerprint density at radius 1 is 1.25 bits per heavy atom. The standard InChI is InChI=1S/C18H17BrClFN4O2S/c1-2-26-16-5-12(8-23-25-10-22-24-18(25)28)14(19)7-17(16)27-9-11-3-4-13(21)6-15(11)20/h3-7,10,23H,2,8-9H2,1H3,(H,24,28). The van der Waals surface area contributed by atoms with Crippen LogP contribution in [0.4, 0.5) is 4.39 Å². The summed E-state index contributed by atoms with van der Waals surface area (Å²) >= 11 is 14.7. The largest absolute Gasteiger partial charge is 0.490 e. The molecule has 0 unspecified atom stereocenters. The molecule has 0 saturated heterocycles. The van der Waals surface area contributed by atoms with Crippen LogP contribution in [0.25, 0.3) is 0 Å². The van der Waals surface area contributed by atoms with Crippen LogP contribution in [-0.4, -0.2) is 21.5 Å². The number of ether oxygens (including phenoxy) is 2. The van der Waals surface area contributed by atoms with E-state index in [4.69, 9.17) is 33.3 Å². The van der Waals surface area contributed by atoms with Gasteiger partial charge in [0, 0.05) is 10.0 Å². The van der Waals surface area contributed by atoms with Crippen molar-refractivity contribution in [1.82, 2.24) is 14.9 Å². The van der Waals surface area contributed by atoms with Crippen LogP contribution in [0.2, 0.25) is 5.02 Å². The second-order valence-corrected chi connectivity index (χ2v) is 7.36. The molecule has 3 aromatic rings. The smallest absolute Gasteiger partial charge is 0.214 e. The van der Waals surface area contributed by atoms with Crippen molar-refractivity contribution in [3.63, 3.8) is 0 Å². The first-order chi connectivity index (χ1) is 13.5. The molecule has 1 heterocycles. The molecular weight excluding hydrogens is 471 g/mol. The summed E-state index contributed by atoms with van der Waals surface area (Å²) in [6, 6.07) is 7.91. The molecule has 2 N–H and O–H groups in total. The van der Waals surface area contributed by atoms with Crippen LogP contribution in [0.15, 0.2) is 41.1 Å². The number of aromatic amines is 1. The van der Waals surface area contributed by atoms with Crippen molar-refractivity contribution < 1.29 is 13.9 Å². The van der Waals surface area contributed by atoms with E-state index in [9.17, 15) is 4.39 Å². The number of nitrogens with zero attached hydrogens (tertiary/aromatic N) is 2. The first-order valence-corrected chi connectivity index (χ1v) is 9.93. The van der Waals surface area contributed by atoms with Gasteiger partial charge in [-0.3, -0.25) is 5.10 Å².